The van der Waals surface area contributed by atoms with Crippen LogP contribution in [0.3, 0.4) is 0 Å². The minimum atomic E-state index is -0.178. The van der Waals surface area contributed by atoms with Crippen LogP contribution in [0.1, 0.15) is 12.8 Å². The van der Waals surface area contributed by atoms with Crippen LogP contribution in [0, 0.1) is 0 Å². The summed E-state index contributed by atoms with van der Waals surface area (Å²) in [5.41, 5.74) is 5.18. The molecule has 1 rings (SSSR count). The van der Waals surface area contributed by atoms with E-state index in [0.717, 1.165) is 17.9 Å². The summed E-state index contributed by atoms with van der Waals surface area (Å²) >= 11 is 1.82. The number of oxime groups is 1. The first-order valence-corrected chi connectivity index (χ1v) is 5.21. The smallest absolute Gasteiger partial charge is 0.227 e. The Kier molecular flexibility index (Phi) is 3.88. The van der Waals surface area contributed by atoms with Gasteiger partial charge in [-0.3, -0.25) is 4.79 Å². The van der Waals surface area contributed by atoms with Crippen molar-refractivity contribution in [2.75, 3.05) is 11.5 Å². The molecule has 0 aromatic heterocycles. The monoisotopic (exact) mass is 203 g/mol. The number of nitrogens with one attached hydrogen (secondary N) is 1. The molecule has 74 valence electrons. The molecule has 1 fully saturated rings. The van der Waals surface area contributed by atoms with Crippen LogP contribution >= 0.6 is 11.8 Å². The van der Waals surface area contributed by atoms with Crippen LogP contribution in [-0.4, -0.2) is 34.5 Å². The third kappa shape index (κ3) is 3.54. The van der Waals surface area contributed by atoms with E-state index in [0.29, 0.717) is 0 Å². The molecule has 1 heterocycles. The summed E-state index contributed by atoms with van der Waals surface area (Å²) in [6, 6.07) is 0.254. The number of amides is 1. The van der Waals surface area contributed by atoms with Crippen molar-refractivity contribution in [1.82, 2.24) is 5.32 Å². The third-order valence-electron chi connectivity index (χ3n) is 1.76. The summed E-state index contributed by atoms with van der Waals surface area (Å²) in [6.45, 7) is 0. The maximum atomic E-state index is 11.2. The third-order valence-corrected chi connectivity index (χ3v) is 2.93. The van der Waals surface area contributed by atoms with E-state index >= 15 is 0 Å². The minimum Gasteiger partial charge on any atom is -0.409 e. The summed E-state index contributed by atoms with van der Waals surface area (Å²) in [5, 5.41) is 13.8. The van der Waals surface area contributed by atoms with Gasteiger partial charge in [0.25, 0.3) is 0 Å². The Morgan fingerprint density at radius 1 is 1.77 bits per heavy atom. The van der Waals surface area contributed by atoms with Crippen molar-refractivity contribution in [3.05, 3.63) is 0 Å². The van der Waals surface area contributed by atoms with Gasteiger partial charge < -0.3 is 16.3 Å². The molecule has 1 aliphatic rings. The van der Waals surface area contributed by atoms with Gasteiger partial charge in [0.2, 0.25) is 5.91 Å². The maximum absolute atomic E-state index is 11.2. The number of nitrogens with two attached hydrogens (primary N) is 1. The molecule has 0 aliphatic carbocycles. The highest BCUT2D eigenvalue weighted by Crippen LogP contribution is 2.16. The summed E-state index contributed by atoms with van der Waals surface area (Å²) in [4.78, 5) is 11.2. The normalized spacial score (nSPS) is 23.1. The first-order chi connectivity index (χ1) is 6.22. The molecule has 0 spiro atoms. The van der Waals surface area contributed by atoms with Gasteiger partial charge in [-0.15, -0.1) is 0 Å². The number of rotatable bonds is 3. The van der Waals surface area contributed by atoms with E-state index in [2.05, 4.69) is 10.5 Å². The molecule has 4 N–H and O–H groups in total. The molecule has 0 saturated carbocycles. The van der Waals surface area contributed by atoms with Crippen molar-refractivity contribution < 1.29 is 10.0 Å². The molecule has 0 aromatic carbocycles. The first-order valence-electron chi connectivity index (χ1n) is 4.06. The van der Waals surface area contributed by atoms with E-state index in [1.165, 1.54) is 0 Å². The lowest BCUT2D eigenvalue weighted by atomic mass is 10.2. The lowest BCUT2D eigenvalue weighted by Gasteiger charge is -2.10. The Hall–Kier alpha value is -0.910. The van der Waals surface area contributed by atoms with Gasteiger partial charge in [0.1, 0.15) is 5.84 Å². The zero-order valence-electron chi connectivity index (χ0n) is 7.19. The summed E-state index contributed by atoms with van der Waals surface area (Å²) in [6.07, 6.45) is 0.976. The second-order valence-corrected chi connectivity index (χ2v) is 4.05. The quantitative estimate of drug-likeness (QED) is 0.255. The zero-order chi connectivity index (χ0) is 9.68. The predicted molar refractivity (Wildman–Crippen MR) is 51.9 cm³/mol. The largest absolute Gasteiger partial charge is 0.409 e. The highest BCUT2D eigenvalue weighted by atomic mass is 32.2. The molecule has 1 saturated heterocycles. The van der Waals surface area contributed by atoms with E-state index < -0.39 is 0 Å². The van der Waals surface area contributed by atoms with Crippen LogP contribution in [-0.2, 0) is 4.79 Å². The highest BCUT2D eigenvalue weighted by molar-refractivity contribution is 7.99. The molecule has 1 aliphatic heterocycles. The van der Waals surface area contributed by atoms with Crippen molar-refractivity contribution in [3.8, 4) is 0 Å². The van der Waals surface area contributed by atoms with E-state index in [1.54, 1.807) is 0 Å². The predicted octanol–water partition coefficient (Wildman–Crippen LogP) is -0.255. The Labute approximate surface area is 80.7 Å². The summed E-state index contributed by atoms with van der Waals surface area (Å²) in [5.74, 6) is 1.82. The van der Waals surface area contributed by atoms with Gasteiger partial charge >= 0.3 is 0 Å². The second-order valence-electron chi connectivity index (χ2n) is 2.90. The number of nitrogens with zero attached hydrogens (tertiary/aromatic N) is 1. The Bertz CT molecular complexity index is 214. The molecule has 0 aromatic rings. The molecule has 5 nitrogen and oxygen atoms in total. The zero-order valence-corrected chi connectivity index (χ0v) is 8.01. The fourth-order valence-electron chi connectivity index (χ4n) is 1.13. The van der Waals surface area contributed by atoms with E-state index in [4.69, 9.17) is 10.9 Å². The lowest BCUT2D eigenvalue weighted by Crippen LogP contribution is -2.36. The van der Waals surface area contributed by atoms with Gasteiger partial charge in [-0.1, -0.05) is 5.16 Å². The minimum absolute atomic E-state index is 0.0301. The van der Waals surface area contributed by atoms with Gasteiger partial charge in [0.15, 0.2) is 0 Å². The maximum Gasteiger partial charge on any atom is 0.227 e. The molecule has 1 amide bonds. The lowest BCUT2D eigenvalue weighted by molar-refractivity contribution is -0.120. The molecule has 13 heavy (non-hydrogen) atoms. The van der Waals surface area contributed by atoms with Crippen LogP contribution in [0.2, 0.25) is 0 Å². The molecule has 1 atom stereocenters. The number of carbonyl (C=O) groups is 1. The van der Waals surface area contributed by atoms with Crippen molar-refractivity contribution in [2.45, 2.75) is 18.9 Å². The number of hydrogen-bond acceptors (Lipinski definition) is 4. The van der Waals surface area contributed by atoms with Crippen molar-refractivity contribution in [3.63, 3.8) is 0 Å². The van der Waals surface area contributed by atoms with E-state index in [1.807, 2.05) is 11.8 Å². The van der Waals surface area contributed by atoms with Gasteiger partial charge in [-0.05, 0) is 12.2 Å². The first kappa shape index (κ1) is 10.2. The Morgan fingerprint density at radius 2 is 2.54 bits per heavy atom. The SMILES string of the molecule is NC(CC(=O)NC1CCSC1)=NO. The van der Waals surface area contributed by atoms with Crippen molar-refractivity contribution in [2.24, 2.45) is 10.9 Å². The van der Waals surface area contributed by atoms with Crippen LogP contribution in [0.5, 0.6) is 0 Å². The van der Waals surface area contributed by atoms with Gasteiger partial charge in [-0.2, -0.15) is 11.8 Å². The van der Waals surface area contributed by atoms with Crippen molar-refractivity contribution in [1.29, 1.82) is 0 Å². The van der Waals surface area contributed by atoms with Crippen LogP contribution in [0.15, 0.2) is 5.16 Å². The Morgan fingerprint density at radius 3 is 3.08 bits per heavy atom. The fourth-order valence-corrected chi connectivity index (χ4v) is 2.28. The van der Waals surface area contributed by atoms with E-state index in [9.17, 15) is 4.79 Å². The standard InChI is InChI=1S/C7H13N3O2S/c8-6(10-12)3-7(11)9-5-1-2-13-4-5/h5,12H,1-4H2,(H2,8,10)(H,9,11). The van der Waals surface area contributed by atoms with Gasteiger partial charge in [-0.25, -0.2) is 0 Å². The molecule has 1 unspecified atom stereocenters. The molecule has 0 bridgehead atoms. The van der Waals surface area contributed by atoms with E-state index in [-0.39, 0.29) is 24.2 Å². The van der Waals surface area contributed by atoms with Crippen LogP contribution in [0.25, 0.3) is 0 Å². The van der Waals surface area contributed by atoms with Crippen molar-refractivity contribution >= 4 is 23.5 Å². The molecule has 6 heteroatoms. The molecular formula is C7H13N3O2S. The summed E-state index contributed by atoms with van der Waals surface area (Å²) < 4.78 is 0. The van der Waals surface area contributed by atoms with Crippen LogP contribution < -0.4 is 11.1 Å². The fraction of sp³-hybridized carbons (Fsp3) is 0.714. The number of thioether (sulfide) groups is 1. The average molecular weight is 203 g/mol. The Balaban J connectivity index is 2.24. The van der Waals surface area contributed by atoms with Crippen LogP contribution in [0.4, 0.5) is 0 Å². The average Bonchev–Trinajstić information content (AvgIpc) is 2.56. The number of amidine groups is 1. The highest BCUT2D eigenvalue weighted by Gasteiger charge is 2.17. The summed E-state index contributed by atoms with van der Waals surface area (Å²) in [7, 11) is 0. The van der Waals surface area contributed by atoms with Gasteiger partial charge in [0, 0.05) is 11.8 Å². The number of carbonyl (C=O) groups excluding carboxylic acids is 1. The second kappa shape index (κ2) is 4.96. The topological polar surface area (TPSA) is 87.7 Å². The molecule has 0 radical (unpaired) electrons. The van der Waals surface area contributed by atoms with Gasteiger partial charge in [0.05, 0.1) is 6.42 Å². The number of hydrogen-bond donors (Lipinski definition) is 3. The molecular weight excluding hydrogens is 190 g/mol.